The topological polar surface area (TPSA) is 51.9 Å². The van der Waals surface area contributed by atoms with Crippen molar-refractivity contribution in [2.24, 2.45) is 0 Å². The van der Waals surface area contributed by atoms with Crippen LogP contribution in [-0.4, -0.2) is 28.2 Å². The van der Waals surface area contributed by atoms with Crippen LogP contribution < -0.4 is 0 Å². The van der Waals surface area contributed by atoms with E-state index in [-0.39, 0.29) is 5.92 Å². The van der Waals surface area contributed by atoms with Gasteiger partial charge in [0.15, 0.2) is 0 Å². The van der Waals surface area contributed by atoms with E-state index in [0.717, 1.165) is 82.9 Å². The maximum atomic E-state index is 5.06. The highest BCUT2D eigenvalue weighted by atomic mass is 15.0. The van der Waals surface area contributed by atoms with E-state index < -0.39 is 0 Å². The van der Waals surface area contributed by atoms with E-state index in [9.17, 15) is 0 Å². The lowest BCUT2D eigenvalue weighted by atomic mass is 9.83. The van der Waals surface area contributed by atoms with Gasteiger partial charge in [-0.2, -0.15) is 0 Å². The zero-order chi connectivity index (χ0) is 45.9. The van der Waals surface area contributed by atoms with Crippen molar-refractivity contribution in [1.29, 1.82) is 0 Å². The SMILES string of the molecule is c1ccc2c(c1)nc1c3ccccc3c(-c3ccc(C(c4ccc(-c5cn6c7ccccc7nc6c6ccccc56)cc4)c4ccc(-c5cn6c7ccccc7nc6c6ccccc56)cc4)cc3)cn21. The number of nitrogens with zero attached hydrogens (tertiary/aromatic N) is 6. The summed E-state index contributed by atoms with van der Waals surface area (Å²) < 4.78 is 6.75. The Hall–Kier alpha value is -9.39. The number of aromatic nitrogens is 6. The van der Waals surface area contributed by atoms with Crippen LogP contribution in [0.3, 0.4) is 0 Å². The van der Waals surface area contributed by atoms with E-state index in [1.54, 1.807) is 0 Å². The van der Waals surface area contributed by atoms with Gasteiger partial charge in [-0.05, 0) is 85.9 Å². The fourth-order valence-corrected chi connectivity index (χ4v) is 11.3. The number of benzene rings is 9. The quantitative estimate of drug-likeness (QED) is 0.156. The van der Waals surface area contributed by atoms with Gasteiger partial charge in [-0.15, -0.1) is 0 Å². The number of hydrogen-bond donors (Lipinski definition) is 0. The summed E-state index contributed by atoms with van der Waals surface area (Å²) in [5.41, 5.74) is 19.9. The molecule has 0 aliphatic rings. The molecule has 326 valence electrons. The summed E-state index contributed by atoms with van der Waals surface area (Å²) in [4.78, 5) is 15.2. The van der Waals surface area contributed by atoms with Gasteiger partial charge in [-0.3, -0.25) is 13.2 Å². The molecule has 6 nitrogen and oxygen atoms in total. The molecule has 9 aromatic carbocycles. The third-order valence-corrected chi connectivity index (χ3v) is 14.6. The Bertz CT molecular complexity index is 4110. The van der Waals surface area contributed by atoms with Crippen molar-refractivity contribution >= 4 is 82.4 Å². The monoisotopic (exact) mass is 892 g/mol. The minimum Gasteiger partial charge on any atom is -0.298 e. The van der Waals surface area contributed by atoms with Gasteiger partial charge in [0.25, 0.3) is 0 Å². The molecule has 0 unspecified atom stereocenters. The van der Waals surface area contributed by atoms with Gasteiger partial charge in [-0.1, -0.05) is 182 Å². The van der Waals surface area contributed by atoms with Crippen molar-refractivity contribution < 1.29 is 0 Å². The fourth-order valence-electron chi connectivity index (χ4n) is 11.3. The lowest BCUT2D eigenvalue weighted by Gasteiger charge is -2.21. The minimum absolute atomic E-state index is 0.0393. The molecule has 0 radical (unpaired) electrons. The summed E-state index contributed by atoms with van der Waals surface area (Å²) in [6.45, 7) is 0. The average molecular weight is 893 g/mol. The summed E-state index contributed by atoms with van der Waals surface area (Å²) in [7, 11) is 0. The van der Waals surface area contributed by atoms with Crippen LogP contribution in [-0.2, 0) is 0 Å². The number of rotatable bonds is 6. The first-order valence-corrected chi connectivity index (χ1v) is 23.9. The second kappa shape index (κ2) is 15.1. The highest BCUT2D eigenvalue weighted by Gasteiger charge is 2.21. The summed E-state index contributed by atoms with van der Waals surface area (Å²) in [6, 6.07) is 78.8. The molecule has 0 N–H and O–H groups in total. The Kier molecular flexibility index (Phi) is 8.32. The Labute approximate surface area is 401 Å². The molecule has 0 bridgehead atoms. The fraction of sp³-hybridized carbons (Fsp3) is 0.0156. The molecule has 6 aromatic heterocycles. The maximum absolute atomic E-state index is 5.06. The Morgan fingerprint density at radius 1 is 0.257 bits per heavy atom. The van der Waals surface area contributed by atoms with Gasteiger partial charge in [0.05, 0.1) is 33.1 Å². The summed E-state index contributed by atoms with van der Waals surface area (Å²) >= 11 is 0. The lowest BCUT2D eigenvalue weighted by Crippen LogP contribution is -2.04. The minimum atomic E-state index is -0.0393. The Morgan fingerprint density at radius 2 is 0.514 bits per heavy atom. The van der Waals surface area contributed by atoms with Crippen molar-refractivity contribution in [3.63, 3.8) is 0 Å². The number of pyridine rings is 3. The first-order chi connectivity index (χ1) is 34.7. The van der Waals surface area contributed by atoms with E-state index in [4.69, 9.17) is 15.0 Å². The van der Waals surface area contributed by atoms with Gasteiger partial charge in [-0.25, -0.2) is 15.0 Å². The smallest absolute Gasteiger partial charge is 0.145 e. The van der Waals surface area contributed by atoms with Crippen LogP contribution in [0, 0.1) is 0 Å². The summed E-state index contributed by atoms with van der Waals surface area (Å²) in [5.74, 6) is -0.0393. The Balaban J connectivity index is 0.876. The van der Waals surface area contributed by atoms with Crippen molar-refractivity contribution in [1.82, 2.24) is 28.2 Å². The van der Waals surface area contributed by atoms with Crippen LogP contribution in [0.15, 0.2) is 237 Å². The average Bonchev–Trinajstić information content (AvgIpc) is 4.13. The standard InChI is InChI=1S/C64H40N6/c1-4-16-49-46(13-1)52(37-68-58-22-10-7-19-55(58)65-62(49)68)40-25-31-43(32-26-40)61(44-33-27-41(28-34-44)53-38-69-59-23-11-8-20-56(59)66-63(69)50-17-5-2-14-47(50)53)45-35-29-42(30-36-45)54-39-70-60-24-12-9-21-57(60)67-64(70)51-18-6-3-15-48(51)54/h1-39,61H. The van der Waals surface area contributed by atoms with E-state index in [0.29, 0.717) is 0 Å². The number of fused-ring (bicyclic) bond motifs is 15. The molecule has 0 saturated heterocycles. The zero-order valence-corrected chi connectivity index (χ0v) is 37.8. The predicted molar refractivity (Wildman–Crippen MR) is 288 cm³/mol. The first kappa shape index (κ1) is 38.7. The molecule has 0 aliphatic heterocycles. The van der Waals surface area contributed by atoms with E-state index >= 15 is 0 Å². The number of imidazole rings is 3. The second-order valence-electron chi connectivity index (χ2n) is 18.4. The van der Waals surface area contributed by atoms with E-state index in [2.05, 4.69) is 250 Å². The molecular weight excluding hydrogens is 853 g/mol. The van der Waals surface area contributed by atoms with Crippen molar-refractivity contribution in [2.45, 2.75) is 5.92 Å². The third-order valence-electron chi connectivity index (χ3n) is 14.6. The normalized spacial score (nSPS) is 12.1. The van der Waals surface area contributed by atoms with Gasteiger partial charge >= 0.3 is 0 Å². The molecule has 0 amide bonds. The largest absolute Gasteiger partial charge is 0.298 e. The second-order valence-corrected chi connectivity index (χ2v) is 18.4. The summed E-state index contributed by atoms with van der Waals surface area (Å²) in [5, 5.41) is 6.97. The van der Waals surface area contributed by atoms with Crippen LogP contribution >= 0.6 is 0 Å². The van der Waals surface area contributed by atoms with Crippen molar-refractivity contribution in [3.8, 4) is 33.4 Å². The van der Waals surface area contributed by atoms with Gasteiger partial charge < -0.3 is 0 Å². The van der Waals surface area contributed by atoms with Crippen molar-refractivity contribution in [2.75, 3.05) is 0 Å². The molecule has 0 saturated carbocycles. The molecule has 6 heterocycles. The van der Waals surface area contributed by atoms with Crippen LogP contribution in [0.25, 0.3) is 116 Å². The number of hydrogen-bond acceptors (Lipinski definition) is 3. The zero-order valence-electron chi connectivity index (χ0n) is 37.8. The van der Waals surface area contributed by atoms with Crippen LogP contribution in [0.1, 0.15) is 22.6 Å². The molecule has 70 heavy (non-hydrogen) atoms. The predicted octanol–water partition coefficient (Wildman–Crippen LogP) is 15.7. The van der Waals surface area contributed by atoms with Gasteiger partial charge in [0.2, 0.25) is 0 Å². The third kappa shape index (κ3) is 5.83. The lowest BCUT2D eigenvalue weighted by molar-refractivity contribution is 0.978. The molecular formula is C64H40N6. The molecule has 15 aromatic rings. The van der Waals surface area contributed by atoms with Crippen LogP contribution in [0.2, 0.25) is 0 Å². The van der Waals surface area contributed by atoms with Crippen LogP contribution in [0.4, 0.5) is 0 Å². The Morgan fingerprint density at radius 3 is 0.814 bits per heavy atom. The first-order valence-electron chi connectivity index (χ1n) is 23.9. The van der Waals surface area contributed by atoms with Crippen molar-refractivity contribution in [3.05, 3.63) is 254 Å². The van der Waals surface area contributed by atoms with Gasteiger partial charge in [0.1, 0.15) is 16.9 Å². The molecule has 15 rings (SSSR count). The molecule has 0 aliphatic carbocycles. The highest BCUT2D eigenvalue weighted by molar-refractivity contribution is 6.08. The van der Waals surface area contributed by atoms with Gasteiger partial charge in [0, 0.05) is 57.4 Å². The summed E-state index contributed by atoms with van der Waals surface area (Å²) in [6.07, 6.45) is 6.79. The van der Waals surface area contributed by atoms with E-state index in [1.165, 1.54) is 49.5 Å². The molecule has 0 fully saturated rings. The molecule has 6 heteroatoms. The molecule has 0 atom stereocenters. The highest BCUT2D eigenvalue weighted by Crippen LogP contribution is 2.40. The van der Waals surface area contributed by atoms with Crippen LogP contribution in [0.5, 0.6) is 0 Å². The molecule has 0 spiro atoms. The van der Waals surface area contributed by atoms with E-state index in [1.807, 2.05) is 0 Å². The maximum Gasteiger partial charge on any atom is 0.145 e. The number of para-hydroxylation sites is 6.